The number of hydrogen-bond acceptors (Lipinski definition) is 4. The van der Waals surface area contributed by atoms with Gasteiger partial charge in [0.15, 0.2) is 0 Å². The van der Waals surface area contributed by atoms with Gasteiger partial charge in [0.2, 0.25) is 0 Å². The largest absolute Gasteiger partial charge is 0.478 e. The van der Waals surface area contributed by atoms with E-state index in [1.807, 2.05) is 0 Å². The summed E-state index contributed by atoms with van der Waals surface area (Å²) < 4.78 is 4.82. The van der Waals surface area contributed by atoms with Crippen molar-refractivity contribution in [1.82, 2.24) is 4.98 Å². The Labute approximate surface area is 114 Å². The van der Waals surface area contributed by atoms with Crippen molar-refractivity contribution in [2.45, 2.75) is 0 Å². The number of anilines is 1. The second-order valence-corrected chi connectivity index (χ2v) is 3.90. The summed E-state index contributed by atoms with van der Waals surface area (Å²) in [5.74, 6) is -1.04. The van der Waals surface area contributed by atoms with Crippen molar-refractivity contribution in [1.29, 1.82) is 0 Å². The van der Waals surface area contributed by atoms with Crippen molar-refractivity contribution in [3.63, 3.8) is 0 Å². The fourth-order valence-corrected chi connectivity index (χ4v) is 1.77. The molecule has 0 aliphatic heterocycles. The maximum Gasteiger partial charge on any atom is 0.411 e. The molecule has 6 nitrogen and oxygen atoms in total. The molecule has 0 fully saturated rings. The highest BCUT2D eigenvalue weighted by Gasteiger charge is 2.13. The lowest BCUT2D eigenvalue weighted by atomic mass is 10.1. The summed E-state index contributed by atoms with van der Waals surface area (Å²) in [4.78, 5) is 26.6. The van der Waals surface area contributed by atoms with Gasteiger partial charge in [0.25, 0.3) is 0 Å². The maximum absolute atomic E-state index is 11.5. The third-order valence-electron chi connectivity index (χ3n) is 2.62. The zero-order valence-corrected chi connectivity index (χ0v) is 10.5. The third kappa shape index (κ3) is 2.74. The fraction of sp³-hybridized carbons (Fsp3) is 0.0714. The van der Waals surface area contributed by atoms with Crippen LogP contribution in [0.3, 0.4) is 0 Å². The predicted octanol–water partition coefficient (Wildman–Crippen LogP) is 2.67. The molecule has 0 aliphatic carbocycles. The van der Waals surface area contributed by atoms with Crippen LogP contribution in [0.1, 0.15) is 10.4 Å². The molecule has 0 saturated carbocycles. The van der Waals surface area contributed by atoms with E-state index in [4.69, 9.17) is 9.84 Å². The molecule has 20 heavy (non-hydrogen) atoms. The number of amides is 1. The lowest BCUT2D eigenvalue weighted by Gasteiger charge is -2.10. The molecule has 1 aromatic heterocycles. The first-order valence-corrected chi connectivity index (χ1v) is 5.78. The molecule has 2 N–H and O–H groups in total. The van der Waals surface area contributed by atoms with Crippen LogP contribution in [0.25, 0.3) is 10.8 Å². The Bertz CT molecular complexity index is 682. The Morgan fingerprint density at radius 3 is 2.85 bits per heavy atom. The van der Waals surface area contributed by atoms with Gasteiger partial charge in [0.05, 0.1) is 11.3 Å². The molecule has 6 heteroatoms. The van der Waals surface area contributed by atoms with E-state index in [0.717, 1.165) is 0 Å². The average molecular weight is 272 g/mol. The number of rotatable bonds is 4. The highest BCUT2D eigenvalue weighted by Crippen LogP contribution is 2.26. The number of carboxylic acid groups (broad SMARTS) is 1. The molecule has 0 unspecified atom stereocenters. The van der Waals surface area contributed by atoms with Crippen LogP contribution in [-0.4, -0.2) is 28.8 Å². The van der Waals surface area contributed by atoms with Gasteiger partial charge in [-0.05, 0) is 18.2 Å². The summed E-state index contributed by atoms with van der Waals surface area (Å²) in [6.45, 7) is 3.53. The van der Waals surface area contributed by atoms with Crippen LogP contribution >= 0.6 is 0 Å². The summed E-state index contributed by atoms with van der Waals surface area (Å²) in [7, 11) is 0. The van der Waals surface area contributed by atoms with Gasteiger partial charge in [0.1, 0.15) is 6.61 Å². The first kappa shape index (κ1) is 13.5. The maximum atomic E-state index is 11.5. The standard InChI is InChI=1S/C14H12N2O4/c1-2-7-20-14(19)16-12-4-3-10(13(17)18)9-5-6-15-8-11(9)12/h2-6,8H,1,7H2,(H,16,19)(H,17,18). The highest BCUT2D eigenvalue weighted by molar-refractivity contribution is 6.09. The van der Waals surface area contributed by atoms with Crippen molar-refractivity contribution in [3.05, 3.63) is 48.8 Å². The van der Waals surface area contributed by atoms with Crippen molar-refractivity contribution in [3.8, 4) is 0 Å². The summed E-state index contributed by atoms with van der Waals surface area (Å²) in [6, 6.07) is 4.51. The molecule has 0 bridgehead atoms. The molecule has 0 saturated heterocycles. The average Bonchev–Trinajstić information content (AvgIpc) is 2.45. The second kappa shape index (κ2) is 5.83. The number of nitrogens with one attached hydrogen (secondary N) is 1. The quantitative estimate of drug-likeness (QED) is 0.835. The molecule has 102 valence electrons. The van der Waals surface area contributed by atoms with E-state index < -0.39 is 12.1 Å². The number of fused-ring (bicyclic) bond motifs is 1. The summed E-state index contributed by atoms with van der Waals surface area (Å²) in [5.41, 5.74) is 0.583. The number of carbonyl (C=O) groups is 2. The van der Waals surface area contributed by atoms with Crippen molar-refractivity contribution in [2.24, 2.45) is 0 Å². The second-order valence-electron chi connectivity index (χ2n) is 3.90. The van der Waals surface area contributed by atoms with Crippen LogP contribution in [0.15, 0.2) is 43.2 Å². The first-order chi connectivity index (χ1) is 9.63. The van der Waals surface area contributed by atoms with E-state index >= 15 is 0 Å². The molecular weight excluding hydrogens is 260 g/mol. The monoisotopic (exact) mass is 272 g/mol. The summed E-state index contributed by atoms with van der Waals surface area (Å²) >= 11 is 0. The van der Waals surface area contributed by atoms with Crippen molar-refractivity contribution < 1.29 is 19.4 Å². The Morgan fingerprint density at radius 1 is 1.35 bits per heavy atom. The lowest BCUT2D eigenvalue weighted by Crippen LogP contribution is -2.14. The molecule has 0 radical (unpaired) electrons. The van der Waals surface area contributed by atoms with Gasteiger partial charge in [-0.15, -0.1) is 0 Å². The summed E-state index contributed by atoms with van der Waals surface area (Å²) in [5, 5.41) is 12.7. The van der Waals surface area contributed by atoms with Gasteiger partial charge in [-0.3, -0.25) is 10.3 Å². The molecule has 0 spiro atoms. The minimum Gasteiger partial charge on any atom is -0.478 e. The number of carboxylic acids is 1. The van der Waals surface area contributed by atoms with E-state index in [-0.39, 0.29) is 12.2 Å². The van der Waals surface area contributed by atoms with E-state index in [0.29, 0.717) is 16.5 Å². The van der Waals surface area contributed by atoms with Crippen LogP contribution in [0, 0.1) is 0 Å². The van der Waals surface area contributed by atoms with E-state index in [1.165, 1.54) is 30.6 Å². The van der Waals surface area contributed by atoms with E-state index in [9.17, 15) is 9.59 Å². The van der Waals surface area contributed by atoms with Crippen molar-refractivity contribution in [2.75, 3.05) is 11.9 Å². The Morgan fingerprint density at radius 2 is 2.15 bits per heavy atom. The number of ether oxygens (including phenoxy) is 1. The molecule has 2 aromatic rings. The zero-order chi connectivity index (χ0) is 14.5. The molecule has 2 rings (SSSR count). The topological polar surface area (TPSA) is 88.5 Å². The molecule has 1 amide bonds. The van der Waals surface area contributed by atoms with Crippen LogP contribution < -0.4 is 5.32 Å². The van der Waals surface area contributed by atoms with Crippen molar-refractivity contribution >= 4 is 28.5 Å². The lowest BCUT2D eigenvalue weighted by molar-refractivity contribution is 0.0699. The molecule has 1 aromatic carbocycles. The fourth-order valence-electron chi connectivity index (χ4n) is 1.77. The van der Waals surface area contributed by atoms with Crippen LogP contribution in [0.5, 0.6) is 0 Å². The van der Waals surface area contributed by atoms with Gasteiger partial charge in [0, 0.05) is 23.2 Å². The number of pyridine rings is 1. The van der Waals surface area contributed by atoms with Gasteiger partial charge < -0.3 is 9.84 Å². The number of aromatic carboxylic acids is 1. The smallest absolute Gasteiger partial charge is 0.411 e. The molecule has 1 heterocycles. The number of nitrogens with zero attached hydrogens (tertiary/aromatic N) is 1. The Kier molecular flexibility index (Phi) is 3.95. The Hall–Kier alpha value is -2.89. The van der Waals surface area contributed by atoms with Gasteiger partial charge >= 0.3 is 12.1 Å². The molecular formula is C14H12N2O4. The third-order valence-corrected chi connectivity index (χ3v) is 2.62. The number of aromatic nitrogens is 1. The number of carbonyl (C=O) groups excluding carboxylic acids is 1. The van der Waals surface area contributed by atoms with E-state index in [1.54, 1.807) is 6.07 Å². The minimum absolute atomic E-state index is 0.0925. The summed E-state index contributed by atoms with van der Waals surface area (Å²) in [6.07, 6.45) is 3.80. The van der Waals surface area contributed by atoms with Crippen LogP contribution in [0.2, 0.25) is 0 Å². The number of benzene rings is 1. The Balaban J connectivity index is 2.40. The van der Waals surface area contributed by atoms with Gasteiger partial charge in [-0.25, -0.2) is 9.59 Å². The van der Waals surface area contributed by atoms with Crippen LogP contribution in [-0.2, 0) is 4.74 Å². The first-order valence-electron chi connectivity index (χ1n) is 5.78. The van der Waals surface area contributed by atoms with E-state index in [2.05, 4.69) is 16.9 Å². The SMILES string of the molecule is C=CCOC(=O)Nc1ccc(C(=O)O)c2ccncc12. The number of hydrogen-bond donors (Lipinski definition) is 2. The molecule has 0 atom stereocenters. The zero-order valence-electron chi connectivity index (χ0n) is 10.5. The molecule has 0 aliphatic rings. The predicted molar refractivity (Wildman–Crippen MR) is 73.9 cm³/mol. The van der Waals surface area contributed by atoms with Crippen LogP contribution in [0.4, 0.5) is 10.5 Å². The van der Waals surface area contributed by atoms with Gasteiger partial charge in [-0.2, -0.15) is 0 Å². The van der Waals surface area contributed by atoms with Gasteiger partial charge in [-0.1, -0.05) is 12.7 Å². The normalized spacial score (nSPS) is 10.0. The highest BCUT2D eigenvalue weighted by atomic mass is 16.5. The minimum atomic E-state index is -1.04.